The Labute approximate surface area is 98.3 Å². The number of hydrogen-bond acceptors (Lipinski definition) is 3. The van der Waals surface area contributed by atoms with E-state index in [1.807, 2.05) is 0 Å². The van der Waals surface area contributed by atoms with Crippen LogP contribution in [0, 0.1) is 0 Å². The van der Waals surface area contributed by atoms with Crippen molar-refractivity contribution in [3.8, 4) is 11.6 Å². The van der Waals surface area contributed by atoms with Crippen LogP contribution in [0.5, 0.6) is 11.6 Å². The third kappa shape index (κ3) is 2.72. The summed E-state index contributed by atoms with van der Waals surface area (Å²) in [6.07, 6.45) is 1.57. The SMILES string of the molecule is OCc1ccc(Oc2ccc(Cl)cc2)nc1. The normalized spacial score (nSPS) is 10.1. The topological polar surface area (TPSA) is 42.4 Å². The predicted octanol–water partition coefficient (Wildman–Crippen LogP) is 3.02. The minimum atomic E-state index is -0.0196. The quantitative estimate of drug-likeness (QED) is 0.889. The van der Waals surface area contributed by atoms with Gasteiger partial charge in [0.25, 0.3) is 0 Å². The lowest BCUT2D eigenvalue weighted by Crippen LogP contribution is -1.89. The van der Waals surface area contributed by atoms with Crippen molar-refractivity contribution in [2.24, 2.45) is 0 Å². The molecule has 4 heteroatoms. The molecule has 82 valence electrons. The first-order valence-corrected chi connectivity index (χ1v) is 5.15. The molecule has 16 heavy (non-hydrogen) atoms. The molecule has 0 saturated carbocycles. The Morgan fingerprint density at radius 1 is 1.12 bits per heavy atom. The summed E-state index contributed by atoms with van der Waals surface area (Å²) in [5.41, 5.74) is 0.753. The molecule has 0 saturated heterocycles. The summed E-state index contributed by atoms with van der Waals surface area (Å²) in [5.74, 6) is 1.16. The first-order chi connectivity index (χ1) is 7.78. The Kier molecular flexibility index (Phi) is 3.39. The second-order valence-corrected chi connectivity index (χ2v) is 3.66. The van der Waals surface area contributed by atoms with E-state index in [2.05, 4.69) is 4.98 Å². The first-order valence-electron chi connectivity index (χ1n) is 4.77. The average Bonchev–Trinajstić information content (AvgIpc) is 2.33. The second kappa shape index (κ2) is 4.96. The summed E-state index contributed by atoms with van der Waals surface area (Å²) in [5, 5.41) is 9.52. The highest BCUT2D eigenvalue weighted by Gasteiger charge is 1.98. The number of halogens is 1. The molecule has 0 aliphatic heterocycles. The monoisotopic (exact) mass is 235 g/mol. The van der Waals surface area contributed by atoms with E-state index in [4.69, 9.17) is 21.4 Å². The number of ether oxygens (including phenoxy) is 1. The van der Waals surface area contributed by atoms with Gasteiger partial charge in [-0.15, -0.1) is 0 Å². The molecule has 0 unspecified atom stereocenters. The van der Waals surface area contributed by atoms with Crippen molar-refractivity contribution >= 4 is 11.6 Å². The average molecular weight is 236 g/mol. The van der Waals surface area contributed by atoms with E-state index in [-0.39, 0.29) is 6.61 Å². The number of pyridine rings is 1. The van der Waals surface area contributed by atoms with E-state index in [0.29, 0.717) is 16.7 Å². The van der Waals surface area contributed by atoms with Crippen molar-refractivity contribution in [1.29, 1.82) is 0 Å². The molecule has 2 aromatic rings. The van der Waals surface area contributed by atoms with Crippen LogP contribution in [0.15, 0.2) is 42.6 Å². The van der Waals surface area contributed by atoms with Crippen molar-refractivity contribution in [3.63, 3.8) is 0 Å². The lowest BCUT2D eigenvalue weighted by molar-refractivity contribution is 0.281. The van der Waals surface area contributed by atoms with Crippen molar-refractivity contribution in [2.75, 3.05) is 0 Å². The minimum absolute atomic E-state index is 0.0196. The number of nitrogens with zero attached hydrogens (tertiary/aromatic N) is 1. The van der Waals surface area contributed by atoms with Gasteiger partial charge in [-0.25, -0.2) is 4.98 Å². The van der Waals surface area contributed by atoms with Gasteiger partial charge in [-0.1, -0.05) is 11.6 Å². The fraction of sp³-hybridized carbons (Fsp3) is 0.0833. The van der Waals surface area contributed by atoms with Gasteiger partial charge in [0.15, 0.2) is 0 Å². The van der Waals surface area contributed by atoms with E-state index in [1.54, 1.807) is 42.6 Å². The second-order valence-electron chi connectivity index (χ2n) is 3.22. The Bertz CT molecular complexity index is 453. The number of rotatable bonds is 3. The molecule has 0 amide bonds. The number of hydrogen-bond donors (Lipinski definition) is 1. The van der Waals surface area contributed by atoms with Gasteiger partial charge in [-0.3, -0.25) is 0 Å². The Morgan fingerprint density at radius 2 is 1.88 bits per heavy atom. The first kappa shape index (κ1) is 10.9. The molecule has 1 N–H and O–H groups in total. The summed E-state index contributed by atoms with van der Waals surface area (Å²) >= 11 is 5.76. The van der Waals surface area contributed by atoms with Gasteiger partial charge >= 0.3 is 0 Å². The molecule has 2 rings (SSSR count). The van der Waals surface area contributed by atoms with Gasteiger partial charge in [0, 0.05) is 17.3 Å². The molecule has 0 aliphatic rings. The zero-order chi connectivity index (χ0) is 11.4. The van der Waals surface area contributed by atoms with Crippen molar-refractivity contribution in [1.82, 2.24) is 4.98 Å². The fourth-order valence-electron chi connectivity index (χ4n) is 1.19. The van der Waals surface area contributed by atoms with Crippen LogP contribution in [0.25, 0.3) is 0 Å². The summed E-state index contributed by atoms with van der Waals surface area (Å²) < 4.78 is 5.48. The standard InChI is InChI=1S/C12H10ClNO2/c13-10-2-4-11(5-3-10)16-12-6-1-9(8-15)7-14-12/h1-7,15H,8H2. The summed E-state index contributed by atoms with van der Waals surface area (Å²) in [6, 6.07) is 10.5. The zero-order valence-electron chi connectivity index (χ0n) is 8.43. The molecule has 0 fully saturated rings. The molecule has 1 aromatic carbocycles. The highest BCUT2D eigenvalue weighted by atomic mass is 35.5. The van der Waals surface area contributed by atoms with Gasteiger partial charge in [-0.2, -0.15) is 0 Å². The molecule has 3 nitrogen and oxygen atoms in total. The maximum absolute atomic E-state index is 8.85. The minimum Gasteiger partial charge on any atom is -0.439 e. The van der Waals surface area contributed by atoms with Gasteiger partial charge in [0.1, 0.15) is 5.75 Å². The molecular formula is C12H10ClNO2. The van der Waals surface area contributed by atoms with Crippen LogP contribution in [0.1, 0.15) is 5.56 Å². The van der Waals surface area contributed by atoms with Gasteiger partial charge < -0.3 is 9.84 Å². The highest BCUT2D eigenvalue weighted by molar-refractivity contribution is 6.30. The Hall–Kier alpha value is -1.58. The summed E-state index contributed by atoms with van der Waals surface area (Å²) in [7, 11) is 0. The Balaban J connectivity index is 2.11. The van der Waals surface area contributed by atoms with E-state index in [0.717, 1.165) is 5.56 Å². The number of aliphatic hydroxyl groups excluding tert-OH is 1. The van der Waals surface area contributed by atoms with E-state index in [1.165, 1.54) is 0 Å². The van der Waals surface area contributed by atoms with Crippen LogP contribution >= 0.6 is 11.6 Å². The van der Waals surface area contributed by atoms with Crippen LogP contribution in [0.2, 0.25) is 5.02 Å². The molecule has 1 aromatic heterocycles. The third-order valence-corrected chi connectivity index (χ3v) is 2.27. The molecule has 1 heterocycles. The van der Waals surface area contributed by atoms with Crippen LogP contribution in [-0.4, -0.2) is 10.1 Å². The largest absolute Gasteiger partial charge is 0.439 e. The fourth-order valence-corrected chi connectivity index (χ4v) is 1.31. The van der Waals surface area contributed by atoms with E-state index >= 15 is 0 Å². The molecule has 0 atom stereocenters. The number of benzene rings is 1. The van der Waals surface area contributed by atoms with Crippen molar-refractivity contribution in [2.45, 2.75) is 6.61 Å². The van der Waals surface area contributed by atoms with Gasteiger partial charge in [0.05, 0.1) is 6.61 Å². The van der Waals surface area contributed by atoms with Crippen molar-refractivity contribution in [3.05, 3.63) is 53.2 Å². The van der Waals surface area contributed by atoms with E-state index in [9.17, 15) is 0 Å². The maximum atomic E-state index is 8.85. The molecule has 0 bridgehead atoms. The molecule has 0 radical (unpaired) electrons. The lowest BCUT2D eigenvalue weighted by atomic mass is 10.3. The smallest absolute Gasteiger partial charge is 0.219 e. The zero-order valence-corrected chi connectivity index (χ0v) is 9.19. The summed E-state index contributed by atoms with van der Waals surface area (Å²) in [4.78, 5) is 4.05. The van der Waals surface area contributed by atoms with Gasteiger partial charge in [-0.05, 0) is 35.9 Å². The van der Waals surface area contributed by atoms with Crippen molar-refractivity contribution < 1.29 is 9.84 Å². The van der Waals surface area contributed by atoms with Crippen LogP contribution in [0.4, 0.5) is 0 Å². The molecule has 0 spiro atoms. The lowest BCUT2D eigenvalue weighted by Gasteiger charge is -2.04. The van der Waals surface area contributed by atoms with E-state index < -0.39 is 0 Å². The van der Waals surface area contributed by atoms with Crippen LogP contribution in [-0.2, 0) is 6.61 Å². The third-order valence-electron chi connectivity index (χ3n) is 2.02. The Morgan fingerprint density at radius 3 is 2.44 bits per heavy atom. The number of aliphatic hydroxyl groups is 1. The maximum Gasteiger partial charge on any atom is 0.219 e. The summed E-state index contributed by atoms with van der Waals surface area (Å²) in [6.45, 7) is -0.0196. The predicted molar refractivity (Wildman–Crippen MR) is 61.7 cm³/mol. The highest BCUT2D eigenvalue weighted by Crippen LogP contribution is 2.21. The van der Waals surface area contributed by atoms with Crippen LogP contribution < -0.4 is 4.74 Å². The number of aromatic nitrogens is 1. The van der Waals surface area contributed by atoms with Gasteiger partial charge in [0.2, 0.25) is 5.88 Å². The molecule has 0 aliphatic carbocycles. The molecular weight excluding hydrogens is 226 g/mol. The van der Waals surface area contributed by atoms with Crippen LogP contribution in [0.3, 0.4) is 0 Å².